The number of nitrogens with one attached hydrogen (secondary N) is 1. The van der Waals surface area contributed by atoms with Crippen LogP contribution in [0.5, 0.6) is 0 Å². The van der Waals surface area contributed by atoms with E-state index in [1.807, 2.05) is 34.6 Å². The molecule has 0 radical (unpaired) electrons. The number of amides is 2. The summed E-state index contributed by atoms with van der Waals surface area (Å²) in [5, 5.41) is 2.64. The maximum atomic E-state index is 11.8. The minimum atomic E-state index is -0.495. The van der Waals surface area contributed by atoms with Gasteiger partial charge in [0.25, 0.3) is 0 Å². The Bertz CT molecular complexity index is 244. The average molecular weight is 228 g/mol. The molecule has 16 heavy (non-hydrogen) atoms. The fourth-order valence-corrected chi connectivity index (χ4v) is 1.50. The van der Waals surface area contributed by atoms with Gasteiger partial charge in [-0.25, -0.2) is 0 Å². The Labute approximate surface area is 98.4 Å². The first-order chi connectivity index (χ1) is 7.34. The third kappa shape index (κ3) is 4.64. The van der Waals surface area contributed by atoms with Gasteiger partial charge in [0.1, 0.15) is 0 Å². The van der Waals surface area contributed by atoms with Gasteiger partial charge < -0.3 is 10.2 Å². The van der Waals surface area contributed by atoms with Crippen LogP contribution in [0.1, 0.15) is 47.5 Å². The van der Waals surface area contributed by atoms with E-state index in [4.69, 9.17) is 0 Å². The molecule has 0 spiro atoms. The van der Waals surface area contributed by atoms with Gasteiger partial charge in [-0.2, -0.15) is 0 Å². The van der Waals surface area contributed by atoms with Crippen LogP contribution in [0.2, 0.25) is 0 Å². The summed E-state index contributed by atoms with van der Waals surface area (Å²) in [4.78, 5) is 25.0. The van der Waals surface area contributed by atoms with Gasteiger partial charge in [0.15, 0.2) is 0 Å². The van der Waals surface area contributed by atoms with Crippen molar-refractivity contribution in [1.82, 2.24) is 10.2 Å². The maximum Gasteiger partial charge on any atom is 0.312 e. The molecule has 4 heteroatoms. The second kappa shape index (κ2) is 6.51. The maximum absolute atomic E-state index is 11.8. The summed E-state index contributed by atoms with van der Waals surface area (Å²) < 4.78 is 0. The fourth-order valence-electron chi connectivity index (χ4n) is 1.50. The summed E-state index contributed by atoms with van der Waals surface area (Å²) in [6, 6.07) is 0. The van der Waals surface area contributed by atoms with Crippen molar-refractivity contribution in [3.63, 3.8) is 0 Å². The van der Waals surface area contributed by atoms with Crippen molar-refractivity contribution in [3.8, 4) is 0 Å². The van der Waals surface area contributed by atoms with E-state index >= 15 is 0 Å². The lowest BCUT2D eigenvalue weighted by molar-refractivity contribution is -0.148. The van der Waals surface area contributed by atoms with E-state index in [1.165, 1.54) is 0 Å². The van der Waals surface area contributed by atoms with Crippen molar-refractivity contribution >= 4 is 11.8 Å². The number of rotatable bonds is 4. The lowest BCUT2D eigenvalue weighted by Crippen LogP contribution is -2.51. The molecule has 0 aliphatic heterocycles. The van der Waals surface area contributed by atoms with E-state index in [0.717, 1.165) is 12.8 Å². The highest BCUT2D eigenvalue weighted by Gasteiger charge is 2.29. The van der Waals surface area contributed by atoms with Crippen molar-refractivity contribution < 1.29 is 9.59 Å². The van der Waals surface area contributed by atoms with Crippen LogP contribution in [0.25, 0.3) is 0 Å². The molecule has 0 aromatic rings. The van der Waals surface area contributed by atoms with E-state index in [1.54, 1.807) is 4.90 Å². The number of carbonyl (C=O) groups excluding carboxylic acids is 2. The second-order valence-corrected chi connectivity index (χ2v) is 4.83. The first-order valence-electron chi connectivity index (χ1n) is 5.94. The molecule has 0 aromatic carbocycles. The molecule has 0 aromatic heterocycles. The van der Waals surface area contributed by atoms with Gasteiger partial charge in [-0.1, -0.05) is 13.3 Å². The molecule has 1 N–H and O–H groups in total. The first-order valence-corrected chi connectivity index (χ1v) is 5.94. The van der Waals surface area contributed by atoms with Gasteiger partial charge in [-0.15, -0.1) is 0 Å². The van der Waals surface area contributed by atoms with E-state index in [0.29, 0.717) is 13.1 Å². The molecule has 4 nitrogen and oxygen atoms in total. The van der Waals surface area contributed by atoms with Crippen LogP contribution >= 0.6 is 0 Å². The van der Waals surface area contributed by atoms with Crippen molar-refractivity contribution in [1.29, 1.82) is 0 Å². The zero-order valence-corrected chi connectivity index (χ0v) is 11.1. The Morgan fingerprint density at radius 3 is 2.12 bits per heavy atom. The Morgan fingerprint density at radius 1 is 1.19 bits per heavy atom. The number of unbranched alkanes of at least 4 members (excludes halogenated alkanes) is 1. The summed E-state index contributed by atoms with van der Waals surface area (Å²) >= 11 is 0. The smallest absolute Gasteiger partial charge is 0.312 e. The third-order valence-corrected chi connectivity index (χ3v) is 2.38. The molecule has 0 fully saturated rings. The van der Waals surface area contributed by atoms with Crippen molar-refractivity contribution in [2.24, 2.45) is 0 Å². The van der Waals surface area contributed by atoms with Crippen LogP contribution in [0, 0.1) is 0 Å². The normalized spacial score (nSPS) is 11.1. The van der Waals surface area contributed by atoms with E-state index < -0.39 is 11.8 Å². The largest absolute Gasteiger partial charge is 0.348 e. The molecule has 94 valence electrons. The van der Waals surface area contributed by atoms with Crippen molar-refractivity contribution in [2.75, 3.05) is 13.1 Å². The van der Waals surface area contributed by atoms with E-state index in [-0.39, 0.29) is 5.54 Å². The lowest BCUT2D eigenvalue weighted by atomic mass is 10.1. The molecule has 0 aliphatic carbocycles. The summed E-state index contributed by atoms with van der Waals surface area (Å²) in [5.74, 6) is -0.934. The highest BCUT2D eigenvalue weighted by molar-refractivity contribution is 6.35. The van der Waals surface area contributed by atoms with Gasteiger partial charge >= 0.3 is 11.8 Å². The Balaban J connectivity index is 4.35. The Kier molecular flexibility index (Phi) is 6.08. The summed E-state index contributed by atoms with van der Waals surface area (Å²) in [7, 11) is 0. The standard InChI is InChI=1S/C12H24N2O2/c1-6-8-9-13-10(15)11(16)14(7-2)12(3,4)5/h6-9H2,1-5H3,(H,13,15). The van der Waals surface area contributed by atoms with Gasteiger partial charge in [-0.05, 0) is 34.1 Å². The molecular formula is C12H24N2O2. The molecule has 0 saturated carbocycles. The molecule has 0 heterocycles. The zero-order valence-electron chi connectivity index (χ0n) is 11.1. The molecule has 0 aliphatic rings. The Hall–Kier alpha value is -1.06. The van der Waals surface area contributed by atoms with Crippen LogP contribution in [-0.2, 0) is 9.59 Å². The second-order valence-electron chi connectivity index (χ2n) is 4.83. The Morgan fingerprint density at radius 2 is 1.75 bits per heavy atom. The summed E-state index contributed by atoms with van der Waals surface area (Å²) in [6.45, 7) is 10.8. The first kappa shape index (κ1) is 14.9. The van der Waals surface area contributed by atoms with Gasteiger partial charge in [-0.3, -0.25) is 9.59 Å². The molecule has 0 saturated heterocycles. The van der Waals surface area contributed by atoms with Crippen LogP contribution in [0.3, 0.4) is 0 Å². The fraction of sp³-hybridized carbons (Fsp3) is 0.833. The predicted octanol–water partition coefficient (Wildman–Crippen LogP) is 1.55. The van der Waals surface area contributed by atoms with Gasteiger partial charge in [0.05, 0.1) is 0 Å². The lowest BCUT2D eigenvalue weighted by Gasteiger charge is -2.34. The quantitative estimate of drug-likeness (QED) is 0.586. The molecule has 0 bridgehead atoms. The minimum absolute atomic E-state index is 0.312. The molecular weight excluding hydrogens is 204 g/mol. The third-order valence-electron chi connectivity index (χ3n) is 2.38. The SMILES string of the molecule is CCCCNC(=O)C(=O)N(CC)C(C)(C)C. The number of likely N-dealkylation sites (N-methyl/N-ethyl adjacent to an activating group) is 1. The van der Waals surface area contributed by atoms with Crippen LogP contribution in [0.4, 0.5) is 0 Å². The average Bonchev–Trinajstić information content (AvgIpc) is 2.16. The van der Waals surface area contributed by atoms with Crippen molar-refractivity contribution in [3.05, 3.63) is 0 Å². The predicted molar refractivity (Wildman–Crippen MR) is 65.1 cm³/mol. The number of nitrogens with zero attached hydrogens (tertiary/aromatic N) is 1. The number of hydrogen-bond acceptors (Lipinski definition) is 2. The molecule has 0 unspecified atom stereocenters. The van der Waals surface area contributed by atoms with Gasteiger partial charge in [0, 0.05) is 18.6 Å². The topological polar surface area (TPSA) is 49.4 Å². The highest BCUT2D eigenvalue weighted by Crippen LogP contribution is 2.12. The van der Waals surface area contributed by atoms with E-state index in [2.05, 4.69) is 5.32 Å². The van der Waals surface area contributed by atoms with Crippen LogP contribution in [0.15, 0.2) is 0 Å². The minimum Gasteiger partial charge on any atom is -0.348 e. The summed E-state index contributed by atoms with van der Waals surface area (Å²) in [5.41, 5.74) is -0.312. The van der Waals surface area contributed by atoms with E-state index in [9.17, 15) is 9.59 Å². The van der Waals surface area contributed by atoms with Crippen LogP contribution in [-0.4, -0.2) is 35.3 Å². The highest BCUT2D eigenvalue weighted by atomic mass is 16.2. The number of carbonyl (C=O) groups is 2. The number of hydrogen-bond donors (Lipinski definition) is 1. The molecule has 0 rings (SSSR count). The monoisotopic (exact) mass is 228 g/mol. The van der Waals surface area contributed by atoms with Crippen molar-refractivity contribution in [2.45, 2.75) is 53.0 Å². The van der Waals surface area contributed by atoms with Crippen LogP contribution < -0.4 is 5.32 Å². The molecule has 0 atom stereocenters. The summed E-state index contributed by atoms with van der Waals surface area (Å²) in [6.07, 6.45) is 1.91. The molecule has 2 amide bonds. The van der Waals surface area contributed by atoms with Gasteiger partial charge in [0.2, 0.25) is 0 Å². The zero-order chi connectivity index (χ0) is 12.8.